The molecule has 0 saturated carbocycles. The molecule has 0 unspecified atom stereocenters. The minimum atomic E-state index is -2.37. The summed E-state index contributed by atoms with van der Waals surface area (Å²) in [5, 5.41) is 0. The third-order valence-electron chi connectivity index (χ3n) is 7.10. The molecule has 52 heavy (non-hydrogen) atoms. The topological polar surface area (TPSA) is 36.9 Å². The van der Waals surface area contributed by atoms with Crippen molar-refractivity contribution in [1.82, 2.24) is 0 Å². The van der Waals surface area contributed by atoms with E-state index in [0.29, 0.717) is 0 Å². The quantitative estimate of drug-likeness (QED) is 0.0723. The Labute approximate surface area is 282 Å². The van der Waals surface area contributed by atoms with Crippen molar-refractivity contribution >= 4 is 0 Å². The summed E-state index contributed by atoms with van der Waals surface area (Å²) >= 11 is 0. The van der Waals surface area contributed by atoms with E-state index in [1.54, 1.807) is 0 Å². The normalized spacial score (nSPS) is 11.2. The van der Waals surface area contributed by atoms with Crippen LogP contribution in [-0.4, -0.2) is 0 Å². The zero-order chi connectivity index (χ0) is 38.0. The van der Waals surface area contributed by atoms with Gasteiger partial charge >= 0.3 is 0 Å². The maximum absolute atomic E-state index is 14.7. The number of hydrogen-bond acceptors (Lipinski definition) is 4. The molecule has 5 aromatic carbocycles. The molecule has 0 aliphatic carbocycles. The summed E-state index contributed by atoms with van der Waals surface area (Å²) in [5.41, 5.74) is 0.550. The van der Waals surface area contributed by atoms with Gasteiger partial charge in [0.1, 0.15) is 26.4 Å². The van der Waals surface area contributed by atoms with Crippen molar-refractivity contribution in [3.8, 4) is 23.0 Å². The van der Waals surface area contributed by atoms with E-state index >= 15 is 0 Å². The molecule has 0 atom stereocenters. The molecule has 274 valence electrons. The molecule has 0 aliphatic rings. The van der Waals surface area contributed by atoms with Crippen LogP contribution in [0.4, 0.5) is 61.5 Å². The molecule has 0 heterocycles. The number of benzene rings is 5. The standard InChI is InChI=1S/C34H16F14O4/c35-17-19(37)23(41)31(24(42)20(17)38)49-9-13-1-5-15(6-2-13)11-51-33-27(45)29(47)34(30(48)28(33)46)52-12-16-7-3-14(4-8-16)10-50-32-25(43)21(39)18(36)22(40)26(32)44/h1-8H,9-12H2. The highest BCUT2D eigenvalue weighted by Crippen LogP contribution is 2.36. The van der Waals surface area contributed by atoms with Crippen molar-refractivity contribution in [3.63, 3.8) is 0 Å². The minimum absolute atomic E-state index is 0.135. The van der Waals surface area contributed by atoms with E-state index in [-0.39, 0.29) is 22.3 Å². The zero-order valence-electron chi connectivity index (χ0n) is 25.4. The molecule has 0 spiro atoms. The molecule has 0 aliphatic heterocycles. The minimum Gasteiger partial charge on any atom is -0.483 e. The lowest BCUT2D eigenvalue weighted by Gasteiger charge is -2.14. The highest BCUT2D eigenvalue weighted by molar-refractivity contribution is 5.39. The van der Waals surface area contributed by atoms with Crippen molar-refractivity contribution in [2.75, 3.05) is 0 Å². The molecule has 5 aromatic rings. The fourth-order valence-electron chi connectivity index (χ4n) is 4.35. The molecular formula is C34H16F14O4. The van der Waals surface area contributed by atoms with E-state index in [0.717, 1.165) is 0 Å². The second kappa shape index (κ2) is 15.3. The van der Waals surface area contributed by atoms with E-state index < -0.39 is 131 Å². The van der Waals surface area contributed by atoms with Crippen LogP contribution in [0.1, 0.15) is 22.3 Å². The van der Waals surface area contributed by atoms with Gasteiger partial charge in [0.25, 0.3) is 0 Å². The van der Waals surface area contributed by atoms with Crippen LogP contribution in [0.2, 0.25) is 0 Å². The first kappa shape index (κ1) is 37.6. The number of ether oxygens (including phenoxy) is 4. The van der Waals surface area contributed by atoms with E-state index in [1.807, 2.05) is 0 Å². The fourth-order valence-corrected chi connectivity index (χ4v) is 4.35. The monoisotopic (exact) mass is 754 g/mol. The number of hydrogen-bond donors (Lipinski definition) is 0. The Morgan fingerprint density at radius 2 is 0.365 bits per heavy atom. The first-order valence-electron chi connectivity index (χ1n) is 14.2. The van der Waals surface area contributed by atoms with Crippen molar-refractivity contribution in [3.05, 3.63) is 152 Å². The Kier molecular flexibility index (Phi) is 11.0. The summed E-state index contributed by atoms with van der Waals surface area (Å²) in [6.07, 6.45) is 0. The van der Waals surface area contributed by atoms with Gasteiger partial charge in [-0.3, -0.25) is 0 Å². The number of halogens is 14. The van der Waals surface area contributed by atoms with Gasteiger partial charge in [0.15, 0.2) is 23.0 Å². The second-order valence-corrected chi connectivity index (χ2v) is 10.5. The predicted octanol–water partition coefficient (Wildman–Crippen LogP) is 9.95. The van der Waals surface area contributed by atoms with Crippen LogP contribution in [0.3, 0.4) is 0 Å². The van der Waals surface area contributed by atoms with Gasteiger partial charge < -0.3 is 18.9 Å². The van der Waals surface area contributed by atoms with Gasteiger partial charge in [0.05, 0.1) is 0 Å². The highest BCUT2D eigenvalue weighted by Gasteiger charge is 2.30. The largest absolute Gasteiger partial charge is 0.483 e. The van der Waals surface area contributed by atoms with Crippen molar-refractivity contribution < 1.29 is 80.4 Å². The third kappa shape index (κ3) is 7.36. The van der Waals surface area contributed by atoms with Crippen LogP contribution >= 0.6 is 0 Å². The van der Waals surface area contributed by atoms with Crippen LogP contribution in [0.15, 0.2) is 48.5 Å². The van der Waals surface area contributed by atoms with Crippen LogP contribution in [0.25, 0.3) is 0 Å². The molecule has 4 nitrogen and oxygen atoms in total. The van der Waals surface area contributed by atoms with Crippen LogP contribution < -0.4 is 18.9 Å². The summed E-state index contributed by atoms with van der Waals surface area (Å²) in [7, 11) is 0. The average molecular weight is 754 g/mol. The Hall–Kier alpha value is -5.68. The summed E-state index contributed by atoms with van der Waals surface area (Å²) < 4.78 is 213. The van der Waals surface area contributed by atoms with Gasteiger partial charge in [-0.05, 0) is 22.3 Å². The molecule has 5 rings (SSSR count). The van der Waals surface area contributed by atoms with Crippen LogP contribution in [0, 0.1) is 81.4 Å². The second-order valence-electron chi connectivity index (χ2n) is 10.5. The predicted molar refractivity (Wildman–Crippen MR) is 149 cm³/mol. The lowest BCUT2D eigenvalue weighted by molar-refractivity contribution is 0.234. The van der Waals surface area contributed by atoms with Crippen molar-refractivity contribution in [1.29, 1.82) is 0 Å². The third-order valence-corrected chi connectivity index (χ3v) is 7.10. The average Bonchev–Trinajstić information content (AvgIpc) is 3.14. The lowest BCUT2D eigenvalue weighted by Crippen LogP contribution is -2.09. The van der Waals surface area contributed by atoms with Gasteiger partial charge in [0.2, 0.25) is 81.4 Å². The highest BCUT2D eigenvalue weighted by atomic mass is 19.2. The fraction of sp³-hybridized carbons (Fsp3) is 0.118. The van der Waals surface area contributed by atoms with E-state index in [9.17, 15) is 61.5 Å². The van der Waals surface area contributed by atoms with Gasteiger partial charge in [0, 0.05) is 0 Å². The first-order valence-corrected chi connectivity index (χ1v) is 14.2. The molecule has 0 aromatic heterocycles. The van der Waals surface area contributed by atoms with Crippen molar-refractivity contribution in [2.24, 2.45) is 0 Å². The maximum Gasteiger partial charge on any atom is 0.207 e. The molecule has 0 saturated heterocycles. The van der Waals surface area contributed by atoms with E-state index in [4.69, 9.17) is 18.9 Å². The summed E-state index contributed by atoms with van der Waals surface area (Å²) in [6.45, 7) is -2.70. The Morgan fingerprint density at radius 1 is 0.231 bits per heavy atom. The van der Waals surface area contributed by atoms with Gasteiger partial charge in [-0.2, -0.15) is 35.1 Å². The van der Waals surface area contributed by atoms with E-state index in [2.05, 4.69) is 0 Å². The van der Waals surface area contributed by atoms with Crippen LogP contribution in [-0.2, 0) is 26.4 Å². The first-order chi connectivity index (χ1) is 24.6. The lowest BCUT2D eigenvalue weighted by atomic mass is 10.1. The Morgan fingerprint density at radius 3 is 0.538 bits per heavy atom. The summed E-state index contributed by atoms with van der Waals surface area (Å²) in [4.78, 5) is 0. The molecule has 0 fully saturated rings. The van der Waals surface area contributed by atoms with Gasteiger partial charge in [-0.15, -0.1) is 0 Å². The zero-order valence-corrected chi connectivity index (χ0v) is 25.4. The molecule has 0 radical (unpaired) electrons. The molecule has 0 amide bonds. The molecular weight excluding hydrogens is 738 g/mol. The Bertz CT molecular complexity index is 1900. The van der Waals surface area contributed by atoms with Crippen LogP contribution in [0.5, 0.6) is 23.0 Å². The maximum atomic E-state index is 14.7. The summed E-state index contributed by atoms with van der Waals surface area (Å²) in [5.74, 6) is -36.2. The SMILES string of the molecule is Fc1c(F)c(F)c(OCc2ccc(COc3c(F)c(F)c(OCc4ccc(COc5c(F)c(F)c(F)c(F)c5F)cc4)c(F)c3F)cc2)c(F)c1F. The molecule has 0 bridgehead atoms. The van der Waals surface area contributed by atoms with E-state index in [1.165, 1.54) is 48.5 Å². The molecule has 18 heteroatoms. The smallest absolute Gasteiger partial charge is 0.207 e. The van der Waals surface area contributed by atoms with Crippen molar-refractivity contribution in [2.45, 2.75) is 26.4 Å². The summed E-state index contributed by atoms with van der Waals surface area (Å²) in [6, 6.07) is 9.82. The molecule has 0 N–H and O–H groups in total. The number of rotatable bonds is 12. The van der Waals surface area contributed by atoms with Gasteiger partial charge in [-0.1, -0.05) is 48.5 Å². The Balaban J connectivity index is 1.18. The van der Waals surface area contributed by atoms with Gasteiger partial charge in [-0.25, -0.2) is 26.3 Å².